The van der Waals surface area contributed by atoms with E-state index in [9.17, 15) is 9.59 Å². The van der Waals surface area contributed by atoms with Gasteiger partial charge in [-0.2, -0.15) is 0 Å². The minimum absolute atomic E-state index is 0.0981. The number of benzene rings is 1. The second-order valence-corrected chi connectivity index (χ2v) is 4.31. The number of aryl methyl sites for hydroxylation is 1. The molecule has 0 radical (unpaired) electrons. The van der Waals surface area contributed by atoms with E-state index in [1.165, 1.54) is 4.90 Å². The molecule has 0 N–H and O–H groups in total. The molecule has 4 heteroatoms. The molecule has 0 aromatic heterocycles. The van der Waals surface area contributed by atoms with E-state index in [1.54, 1.807) is 13.2 Å². The molecule has 17 heavy (non-hydrogen) atoms. The number of carbonyl (C=O) groups excluding carboxylic acids is 2. The van der Waals surface area contributed by atoms with Crippen molar-refractivity contribution in [1.29, 1.82) is 0 Å². The van der Waals surface area contributed by atoms with E-state index >= 15 is 0 Å². The smallest absolute Gasteiger partial charge is 0.299 e. The minimum atomic E-state index is -0.463. The number of ether oxygens (including phenoxy) is 1. The highest BCUT2D eigenvalue weighted by molar-refractivity contribution is 6.52. The summed E-state index contributed by atoms with van der Waals surface area (Å²) in [7, 11) is 1.59. The fourth-order valence-corrected chi connectivity index (χ4v) is 1.93. The van der Waals surface area contributed by atoms with Crippen molar-refractivity contribution in [2.24, 2.45) is 0 Å². The molecule has 0 saturated heterocycles. The molecule has 1 heterocycles. The number of ketones is 1. The Hall–Kier alpha value is -1.68. The zero-order valence-corrected chi connectivity index (χ0v) is 10.2. The first kappa shape index (κ1) is 11.8. The number of carbonyl (C=O) groups is 2. The summed E-state index contributed by atoms with van der Waals surface area (Å²) in [6.45, 7) is 4.17. The lowest BCUT2D eigenvalue weighted by atomic mass is 10.1. The van der Waals surface area contributed by atoms with Crippen LogP contribution in [0.1, 0.15) is 22.8 Å². The van der Waals surface area contributed by atoms with Gasteiger partial charge in [-0.25, -0.2) is 0 Å². The number of amides is 1. The number of methoxy groups -OCH3 is 1. The predicted octanol–water partition coefficient (Wildman–Crippen LogP) is 1.56. The molecule has 1 unspecified atom stereocenters. The lowest BCUT2D eigenvalue weighted by molar-refractivity contribution is -0.114. The molecule has 4 nitrogen and oxygen atoms in total. The van der Waals surface area contributed by atoms with Gasteiger partial charge in [0, 0.05) is 7.11 Å². The quantitative estimate of drug-likeness (QED) is 0.744. The van der Waals surface area contributed by atoms with E-state index in [0.717, 1.165) is 5.56 Å². The SMILES string of the molecule is COC(C)CN1C(=O)C(=O)c2cc(C)ccc21. The Morgan fingerprint density at radius 3 is 2.71 bits per heavy atom. The first-order valence-corrected chi connectivity index (χ1v) is 5.54. The molecule has 0 aliphatic carbocycles. The molecule has 1 aromatic rings. The summed E-state index contributed by atoms with van der Waals surface area (Å²) in [5, 5.41) is 0. The maximum Gasteiger partial charge on any atom is 0.299 e. The fraction of sp³-hybridized carbons (Fsp3) is 0.385. The number of anilines is 1. The van der Waals surface area contributed by atoms with Gasteiger partial charge in [0.15, 0.2) is 0 Å². The van der Waals surface area contributed by atoms with Crippen molar-refractivity contribution in [2.75, 3.05) is 18.6 Å². The third-order valence-corrected chi connectivity index (χ3v) is 2.97. The van der Waals surface area contributed by atoms with Gasteiger partial charge in [0.25, 0.3) is 11.7 Å². The molecule has 1 aromatic carbocycles. The van der Waals surface area contributed by atoms with Gasteiger partial charge in [0.1, 0.15) is 0 Å². The highest BCUT2D eigenvalue weighted by Crippen LogP contribution is 2.29. The average molecular weight is 233 g/mol. The summed E-state index contributed by atoms with van der Waals surface area (Å²) < 4.78 is 5.13. The predicted molar refractivity (Wildman–Crippen MR) is 64.3 cm³/mol. The van der Waals surface area contributed by atoms with Gasteiger partial charge in [-0.05, 0) is 26.0 Å². The van der Waals surface area contributed by atoms with Gasteiger partial charge in [-0.3, -0.25) is 9.59 Å². The Balaban J connectivity index is 2.38. The fourth-order valence-electron chi connectivity index (χ4n) is 1.93. The summed E-state index contributed by atoms with van der Waals surface area (Å²) >= 11 is 0. The maximum atomic E-state index is 11.8. The number of hydrogen-bond donors (Lipinski definition) is 0. The summed E-state index contributed by atoms with van der Waals surface area (Å²) in [5.74, 6) is -0.887. The van der Waals surface area contributed by atoms with E-state index in [4.69, 9.17) is 4.74 Å². The molecule has 1 aliphatic rings. The maximum absolute atomic E-state index is 11.8. The standard InChI is InChI=1S/C13H15NO3/c1-8-4-5-11-10(6-8)12(15)13(16)14(11)7-9(2)17-3/h4-6,9H,7H2,1-3H3. The number of Topliss-reactive ketones (excluding diaryl/α,β-unsaturated/α-hetero) is 1. The topological polar surface area (TPSA) is 46.6 Å². The van der Waals surface area contributed by atoms with Gasteiger partial charge in [0.2, 0.25) is 0 Å². The Morgan fingerprint density at radius 2 is 2.06 bits per heavy atom. The number of fused-ring (bicyclic) bond motifs is 1. The Labute approximate surface area is 100 Å². The lowest BCUT2D eigenvalue weighted by Gasteiger charge is -2.20. The molecule has 1 amide bonds. The molecule has 90 valence electrons. The van der Waals surface area contributed by atoms with Crippen molar-refractivity contribution in [3.05, 3.63) is 29.3 Å². The largest absolute Gasteiger partial charge is 0.380 e. The van der Waals surface area contributed by atoms with Crippen LogP contribution in [0.25, 0.3) is 0 Å². The third kappa shape index (κ3) is 1.96. The second-order valence-electron chi connectivity index (χ2n) is 4.31. The van der Waals surface area contributed by atoms with Crippen LogP contribution >= 0.6 is 0 Å². The van der Waals surface area contributed by atoms with Crippen molar-refractivity contribution < 1.29 is 14.3 Å². The van der Waals surface area contributed by atoms with Crippen molar-refractivity contribution in [1.82, 2.24) is 0 Å². The molecular formula is C13H15NO3. The van der Waals surface area contributed by atoms with Crippen molar-refractivity contribution >= 4 is 17.4 Å². The minimum Gasteiger partial charge on any atom is -0.380 e. The molecule has 0 saturated carbocycles. The molecule has 0 fully saturated rings. The van der Waals surface area contributed by atoms with Gasteiger partial charge in [0.05, 0.1) is 23.9 Å². The van der Waals surface area contributed by atoms with Crippen LogP contribution in [0.3, 0.4) is 0 Å². The Morgan fingerprint density at radius 1 is 1.35 bits per heavy atom. The zero-order valence-electron chi connectivity index (χ0n) is 10.2. The van der Waals surface area contributed by atoms with Crippen LogP contribution in [-0.4, -0.2) is 31.4 Å². The highest BCUT2D eigenvalue weighted by Gasteiger charge is 2.36. The summed E-state index contributed by atoms with van der Waals surface area (Å²) in [4.78, 5) is 25.1. The van der Waals surface area contributed by atoms with Crippen LogP contribution < -0.4 is 4.90 Å². The Kier molecular flexibility index (Phi) is 2.98. The van der Waals surface area contributed by atoms with E-state index in [2.05, 4.69) is 0 Å². The van der Waals surface area contributed by atoms with Crippen molar-refractivity contribution in [3.8, 4) is 0 Å². The van der Waals surface area contributed by atoms with Crippen LogP contribution in [0, 0.1) is 6.92 Å². The monoisotopic (exact) mass is 233 g/mol. The molecule has 1 aliphatic heterocycles. The number of rotatable bonds is 3. The van der Waals surface area contributed by atoms with Crippen LogP contribution in [0.5, 0.6) is 0 Å². The van der Waals surface area contributed by atoms with Crippen molar-refractivity contribution in [2.45, 2.75) is 20.0 Å². The van der Waals surface area contributed by atoms with Crippen LogP contribution in [0.4, 0.5) is 5.69 Å². The average Bonchev–Trinajstić information content (AvgIpc) is 2.54. The first-order chi connectivity index (χ1) is 8.04. The molecule has 2 rings (SSSR count). The van der Waals surface area contributed by atoms with Gasteiger partial charge in [-0.15, -0.1) is 0 Å². The molecule has 1 atom stereocenters. The third-order valence-electron chi connectivity index (χ3n) is 2.97. The highest BCUT2D eigenvalue weighted by atomic mass is 16.5. The second kappa shape index (κ2) is 4.30. The van der Waals surface area contributed by atoms with Gasteiger partial charge >= 0.3 is 0 Å². The molecular weight excluding hydrogens is 218 g/mol. The zero-order chi connectivity index (χ0) is 12.6. The number of hydrogen-bond acceptors (Lipinski definition) is 3. The van der Waals surface area contributed by atoms with E-state index in [1.807, 2.05) is 26.0 Å². The van der Waals surface area contributed by atoms with Crippen molar-refractivity contribution in [3.63, 3.8) is 0 Å². The summed E-state index contributed by atoms with van der Waals surface area (Å²) in [6, 6.07) is 5.47. The van der Waals surface area contributed by atoms with E-state index in [-0.39, 0.29) is 6.10 Å². The van der Waals surface area contributed by atoms with E-state index in [0.29, 0.717) is 17.8 Å². The summed E-state index contributed by atoms with van der Waals surface area (Å²) in [6.07, 6.45) is -0.0981. The normalized spacial score (nSPS) is 16.3. The Bertz CT molecular complexity index is 482. The first-order valence-electron chi connectivity index (χ1n) is 5.54. The van der Waals surface area contributed by atoms with Crippen LogP contribution in [-0.2, 0) is 9.53 Å². The molecule has 0 bridgehead atoms. The number of nitrogens with zero attached hydrogens (tertiary/aromatic N) is 1. The summed E-state index contributed by atoms with van der Waals surface area (Å²) in [5.41, 5.74) is 2.17. The molecule has 0 spiro atoms. The van der Waals surface area contributed by atoms with Crippen LogP contribution in [0.2, 0.25) is 0 Å². The van der Waals surface area contributed by atoms with Gasteiger partial charge < -0.3 is 9.64 Å². The van der Waals surface area contributed by atoms with E-state index < -0.39 is 11.7 Å². The van der Waals surface area contributed by atoms with Crippen LogP contribution in [0.15, 0.2) is 18.2 Å². The lowest BCUT2D eigenvalue weighted by Crippen LogP contribution is -2.36. The van der Waals surface area contributed by atoms with Gasteiger partial charge in [-0.1, -0.05) is 11.6 Å².